The summed E-state index contributed by atoms with van der Waals surface area (Å²) in [4.78, 5) is 18.3. The summed E-state index contributed by atoms with van der Waals surface area (Å²) >= 11 is 0. The fourth-order valence-corrected chi connectivity index (χ4v) is 6.57. The van der Waals surface area contributed by atoms with E-state index in [1.54, 1.807) is 47.0 Å². The van der Waals surface area contributed by atoms with Gasteiger partial charge in [-0.2, -0.15) is 0 Å². The van der Waals surface area contributed by atoms with Crippen molar-refractivity contribution >= 4 is 49.2 Å². The van der Waals surface area contributed by atoms with Gasteiger partial charge in [0.05, 0.1) is 46.7 Å². The van der Waals surface area contributed by atoms with Crippen molar-refractivity contribution in [2.45, 2.75) is 13.1 Å². The number of benzene rings is 3. The predicted molar refractivity (Wildman–Crippen MR) is 177 cm³/mol. The summed E-state index contributed by atoms with van der Waals surface area (Å²) in [7, 11) is -0.762. The summed E-state index contributed by atoms with van der Waals surface area (Å²) in [5.74, 6) is -0.417. The van der Waals surface area contributed by atoms with E-state index >= 15 is 0 Å². The number of halogens is 1. The van der Waals surface area contributed by atoms with E-state index in [2.05, 4.69) is 10.6 Å². The first-order valence-corrected chi connectivity index (χ1v) is 16.4. The number of aryl methyl sites for hydroxylation is 1. The van der Waals surface area contributed by atoms with Crippen LogP contribution in [0.5, 0.6) is 0 Å². The minimum atomic E-state index is -3.74. The van der Waals surface area contributed by atoms with Crippen molar-refractivity contribution in [1.82, 2.24) is 14.9 Å². The van der Waals surface area contributed by atoms with Crippen LogP contribution in [0.2, 0.25) is 0 Å². The summed E-state index contributed by atoms with van der Waals surface area (Å²) < 4.78 is 49.8. The minimum absolute atomic E-state index is 0.249. The summed E-state index contributed by atoms with van der Waals surface area (Å²) in [6.45, 7) is 1.71. The Morgan fingerprint density at radius 3 is 2.57 bits per heavy atom. The van der Waals surface area contributed by atoms with Crippen molar-refractivity contribution in [3.8, 4) is 34.0 Å². The van der Waals surface area contributed by atoms with Crippen LogP contribution >= 0.6 is 0 Å². The topological polar surface area (TPSA) is 130 Å². The smallest absolute Gasteiger partial charge is 0.255 e. The van der Waals surface area contributed by atoms with Gasteiger partial charge in [-0.15, -0.1) is 0 Å². The van der Waals surface area contributed by atoms with Crippen molar-refractivity contribution in [2.24, 2.45) is 0 Å². The summed E-state index contributed by atoms with van der Waals surface area (Å²) in [5.41, 5.74) is 5.79. The van der Waals surface area contributed by atoms with Crippen molar-refractivity contribution in [3.05, 3.63) is 89.7 Å². The Kier molecular flexibility index (Phi) is 6.87. The van der Waals surface area contributed by atoms with Gasteiger partial charge in [-0.05, 0) is 43.3 Å². The van der Waals surface area contributed by atoms with E-state index in [-0.39, 0.29) is 12.5 Å². The van der Waals surface area contributed by atoms with Crippen LogP contribution in [-0.4, -0.2) is 55.9 Å². The maximum atomic E-state index is 14.9. The van der Waals surface area contributed by atoms with Gasteiger partial charge in [0.1, 0.15) is 29.0 Å². The zero-order chi connectivity index (χ0) is 32.5. The van der Waals surface area contributed by atoms with Crippen LogP contribution in [0.3, 0.4) is 0 Å². The standard InChI is InChI=1S/C34H30FN5O5S/c1-18-8-10-19(11-9-18)33-31(34(42)36-2)22-14-21(27(16-29(22)45-33)39(3)46(4,43)44)24-12-13-25-32(38-24)28-15-20-23(35)6-5-7-26(20)40(28)30(17-41)37-25/h5-16,30,37,41H,17H2,1-4H3,(H,36,42). The van der Waals surface area contributed by atoms with Gasteiger partial charge in [-0.1, -0.05) is 35.9 Å². The summed E-state index contributed by atoms with van der Waals surface area (Å²) in [6, 6.07) is 20.9. The molecular weight excluding hydrogens is 609 g/mol. The maximum Gasteiger partial charge on any atom is 0.255 e. The van der Waals surface area contributed by atoms with Gasteiger partial charge in [-0.25, -0.2) is 17.8 Å². The highest BCUT2D eigenvalue weighted by Crippen LogP contribution is 2.44. The molecule has 0 saturated carbocycles. The molecule has 0 aliphatic carbocycles. The molecule has 3 N–H and O–H groups in total. The molecule has 0 fully saturated rings. The summed E-state index contributed by atoms with van der Waals surface area (Å²) in [5, 5.41) is 17.0. The number of nitrogens with zero attached hydrogens (tertiary/aromatic N) is 3. The zero-order valence-corrected chi connectivity index (χ0v) is 26.2. The number of sulfonamides is 1. The molecule has 4 heterocycles. The van der Waals surface area contributed by atoms with E-state index in [0.29, 0.717) is 72.8 Å². The van der Waals surface area contributed by atoms with Crippen LogP contribution in [0.4, 0.5) is 15.8 Å². The van der Waals surface area contributed by atoms with Gasteiger partial charge in [0, 0.05) is 42.1 Å². The number of aliphatic hydroxyl groups excluding tert-OH is 1. The maximum absolute atomic E-state index is 14.9. The number of pyridine rings is 1. The zero-order valence-electron chi connectivity index (χ0n) is 25.4. The highest BCUT2D eigenvalue weighted by Gasteiger charge is 2.30. The van der Waals surface area contributed by atoms with Gasteiger partial charge in [0.25, 0.3) is 5.91 Å². The monoisotopic (exact) mass is 639 g/mol. The molecule has 46 heavy (non-hydrogen) atoms. The van der Waals surface area contributed by atoms with Crippen LogP contribution in [0.1, 0.15) is 22.1 Å². The molecule has 10 nitrogen and oxygen atoms in total. The third kappa shape index (κ3) is 4.60. The highest BCUT2D eigenvalue weighted by molar-refractivity contribution is 7.92. The molecule has 0 bridgehead atoms. The number of aliphatic hydroxyl groups is 1. The third-order valence-corrected chi connectivity index (χ3v) is 9.65. The highest BCUT2D eigenvalue weighted by atomic mass is 32.2. The third-order valence-electron chi connectivity index (χ3n) is 8.46. The molecule has 1 aliphatic rings. The number of hydrogen-bond donors (Lipinski definition) is 3. The Balaban J connectivity index is 1.50. The van der Waals surface area contributed by atoms with Crippen LogP contribution in [0, 0.1) is 12.7 Å². The summed E-state index contributed by atoms with van der Waals surface area (Å²) in [6.07, 6.45) is 0.544. The van der Waals surface area contributed by atoms with Crippen molar-refractivity contribution in [1.29, 1.82) is 0 Å². The number of nitrogens with one attached hydrogen (secondary N) is 2. The molecule has 3 aromatic carbocycles. The van der Waals surface area contributed by atoms with Crippen LogP contribution in [0.15, 0.2) is 77.2 Å². The van der Waals surface area contributed by atoms with Gasteiger partial charge in [-0.3, -0.25) is 9.10 Å². The first-order chi connectivity index (χ1) is 22.0. The van der Waals surface area contributed by atoms with Crippen LogP contribution < -0.4 is 14.9 Å². The van der Waals surface area contributed by atoms with Gasteiger partial charge in [0.15, 0.2) is 0 Å². The second kappa shape index (κ2) is 10.7. The number of carbonyl (C=O) groups is 1. The lowest BCUT2D eigenvalue weighted by Crippen LogP contribution is -2.27. The molecule has 0 saturated heterocycles. The number of carbonyl (C=O) groups excluding carboxylic acids is 1. The number of fused-ring (bicyclic) bond motifs is 6. The number of aromatic nitrogens is 2. The first kappa shape index (κ1) is 29.5. The number of furan rings is 1. The fraction of sp³-hybridized carbons (Fsp3) is 0.176. The largest absolute Gasteiger partial charge is 0.455 e. The van der Waals surface area contributed by atoms with E-state index in [1.165, 1.54) is 20.2 Å². The second-order valence-electron chi connectivity index (χ2n) is 11.4. The minimum Gasteiger partial charge on any atom is -0.455 e. The second-order valence-corrected chi connectivity index (χ2v) is 13.4. The van der Waals surface area contributed by atoms with E-state index < -0.39 is 22.0 Å². The molecule has 3 aromatic heterocycles. The molecule has 0 spiro atoms. The molecule has 6 aromatic rings. The Bertz CT molecular complexity index is 2310. The van der Waals surface area contributed by atoms with Crippen LogP contribution in [0.25, 0.3) is 55.8 Å². The lowest BCUT2D eigenvalue weighted by Gasteiger charge is -2.29. The van der Waals surface area contributed by atoms with Crippen molar-refractivity contribution in [2.75, 3.05) is 36.6 Å². The Morgan fingerprint density at radius 1 is 1.11 bits per heavy atom. The Hall–Kier alpha value is -5.20. The SMILES string of the molecule is CNC(=O)c1c(-c2ccc(C)cc2)oc2cc(N(C)S(C)(=O)=O)c(-c3ccc4c(n3)-c3cc5c(F)cccc5n3C(CO)N4)cc12. The lowest BCUT2D eigenvalue weighted by molar-refractivity contribution is 0.0964. The number of amides is 1. The molecule has 1 unspecified atom stereocenters. The van der Waals surface area contributed by atoms with Crippen LogP contribution in [-0.2, 0) is 10.0 Å². The van der Waals surface area contributed by atoms with E-state index in [9.17, 15) is 22.7 Å². The molecule has 234 valence electrons. The quantitative estimate of drug-likeness (QED) is 0.207. The predicted octanol–water partition coefficient (Wildman–Crippen LogP) is 5.90. The van der Waals surface area contributed by atoms with Crippen molar-refractivity contribution < 1.29 is 27.1 Å². The van der Waals surface area contributed by atoms with Gasteiger partial charge < -0.3 is 24.7 Å². The first-order valence-electron chi connectivity index (χ1n) is 14.5. The van der Waals surface area contributed by atoms with Gasteiger partial charge in [0.2, 0.25) is 10.0 Å². The van der Waals surface area contributed by atoms with E-state index in [1.807, 2.05) is 31.2 Å². The van der Waals surface area contributed by atoms with Crippen molar-refractivity contribution in [3.63, 3.8) is 0 Å². The van der Waals surface area contributed by atoms with Gasteiger partial charge >= 0.3 is 0 Å². The number of anilines is 2. The molecule has 0 radical (unpaired) electrons. The van der Waals surface area contributed by atoms with E-state index in [4.69, 9.17) is 9.40 Å². The molecule has 1 atom stereocenters. The number of hydrogen-bond acceptors (Lipinski definition) is 7. The molecule has 1 aliphatic heterocycles. The lowest BCUT2D eigenvalue weighted by atomic mass is 10.00. The fourth-order valence-electron chi connectivity index (χ4n) is 6.06. The molecule has 7 rings (SSSR count). The van der Waals surface area contributed by atoms with E-state index in [0.717, 1.165) is 16.1 Å². The Morgan fingerprint density at radius 2 is 1.87 bits per heavy atom. The Labute approximate surface area is 264 Å². The average Bonchev–Trinajstić information content (AvgIpc) is 3.63. The average molecular weight is 640 g/mol. The normalized spacial score (nSPS) is 14.2. The number of rotatable bonds is 6. The molecule has 12 heteroatoms. The molecule has 1 amide bonds. The molecular formula is C34H30FN5O5S.